The van der Waals surface area contributed by atoms with E-state index in [9.17, 15) is 9.59 Å². The third-order valence-corrected chi connectivity index (χ3v) is 3.58. The van der Waals surface area contributed by atoms with E-state index in [1.54, 1.807) is 25.7 Å². The van der Waals surface area contributed by atoms with Crippen molar-refractivity contribution in [3.05, 3.63) is 24.3 Å². The van der Waals surface area contributed by atoms with Crippen molar-refractivity contribution in [2.75, 3.05) is 23.9 Å². The molecule has 0 saturated carbocycles. The van der Waals surface area contributed by atoms with Crippen molar-refractivity contribution in [2.24, 2.45) is 0 Å². The number of piperazine rings is 1. The highest BCUT2D eigenvalue weighted by Crippen LogP contribution is 2.32. The van der Waals surface area contributed by atoms with Gasteiger partial charge in [0.2, 0.25) is 5.91 Å². The topological polar surface area (TPSA) is 52.7 Å². The molecule has 1 saturated heterocycles. The fourth-order valence-corrected chi connectivity index (χ4v) is 2.42. The number of rotatable bonds is 2. The Morgan fingerprint density at radius 3 is 2.40 bits per heavy atom. The van der Waals surface area contributed by atoms with Crippen molar-refractivity contribution in [3.63, 3.8) is 0 Å². The second kappa shape index (κ2) is 4.81. The number of para-hydroxylation sites is 2. The van der Waals surface area contributed by atoms with Gasteiger partial charge in [-0.2, -0.15) is 0 Å². The third kappa shape index (κ3) is 2.24. The van der Waals surface area contributed by atoms with Crippen molar-refractivity contribution in [1.82, 2.24) is 5.32 Å². The van der Waals surface area contributed by atoms with Crippen LogP contribution in [0.4, 0.5) is 11.4 Å². The molecule has 1 N–H and O–H groups in total. The van der Waals surface area contributed by atoms with Crippen LogP contribution in [0.2, 0.25) is 0 Å². The van der Waals surface area contributed by atoms with Crippen LogP contribution in [-0.2, 0) is 9.59 Å². The molecule has 0 aromatic heterocycles. The Bertz CT molecular complexity index is 552. The molecule has 108 valence electrons. The smallest absolute Gasteiger partial charge is 0.252 e. The highest BCUT2D eigenvalue weighted by molar-refractivity contribution is 6.11. The highest BCUT2D eigenvalue weighted by Gasteiger charge is 2.44. The molecule has 2 rings (SSSR count). The molecule has 1 heterocycles. The Balaban J connectivity index is 2.54. The van der Waals surface area contributed by atoms with E-state index >= 15 is 0 Å². The van der Waals surface area contributed by atoms with Gasteiger partial charge in [0.15, 0.2) is 0 Å². The normalized spacial score (nSPS) is 21.6. The van der Waals surface area contributed by atoms with Crippen molar-refractivity contribution >= 4 is 23.2 Å². The summed E-state index contributed by atoms with van der Waals surface area (Å²) in [6.07, 6.45) is 0. The molecule has 0 bridgehead atoms. The van der Waals surface area contributed by atoms with Crippen LogP contribution in [0.3, 0.4) is 0 Å². The number of carbonyl (C=O) groups excluding carboxylic acids is 2. The molecule has 1 aliphatic rings. The SMILES string of the molecule is CC1C(=O)NC(C)(C)C(=O)N1c1ccccc1N(C)C. The van der Waals surface area contributed by atoms with Gasteiger partial charge < -0.3 is 10.2 Å². The van der Waals surface area contributed by atoms with E-state index in [2.05, 4.69) is 5.32 Å². The first-order valence-corrected chi connectivity index (χ1v) is 6.68. The fraction of sp³-hybridized carbons (Fsp3) is 0.467. The molecular formula is C15H21N3O2. The summed E-state index contributed by atoms with van der Waals surface area (Å²) in [6.45, 7) is 5.20. The lowest BCUT2D eigenvalue weighted by Gasteiger charge is -2.42. The minimum absolute atomic E-state index is 0.0982. The van der Waals surface area contributed by atoms with Gasteiger partial charge >= 0.3 is 0 Å². The number of nitrogens with one attached hydrogen (secondary N) is 1. The zero-order valence-corrected chi connectivity index (χ0v) is 12.6. The standard InChI is InChI=1S/C15H21N3O2/c1-10-13(19)16-15(2,3)14(20)18(10)12-9-7-6-8-11(12)17(4)5/h6-10H,1-5H3,(H,16,19). The molecule has 1 aromatic rings. The molecule has 5 nitrogen and oxygen atoms in total. The summed E-state index contributed by atoms with van der Waals surface area (Å²) >= 11 is 0. The van der Waals surface area contributed by atoms with E-state index in [4.69, 9.17) is 0 Å². The summed E-state index contributed by atoms with van der Waals surface area (Å²) in [6, 6.07) is 7.09. The average Bonchev–Trinajstić information content (AvgIpc) is 2.37. The van der Waals surface area contributed by atoms with Gasteiger partial charge in [-0.1, -0.05) is 12.1 Å². The van der Waals surface area contributed by atoms with Crippen LogP contribution < -0.4 is 15.1 Å². The van der Waals surface area contributed by atoms with Crippen LogP contribution in [0, 0.1) is 0 Å². The van der Waals surface area contributed by atoms with Crippen LogP contribution in [-0.4, -0.2) is 37.5 Å². The number of hydrogen-bond acceptors (Lipinski definition) is 3. The summed E-state index contributed by atoms with van der Waals surface area (Å²) in [5, 5.41) is 2.76. The minimum atomic E-state index is -0.886. The maximum Gasteiger partial charge on any atom is 0.252 e. The Hall–Kier alpha value is -2.04. The lowest BCUT2D eigenvalue weighted by molar-refractivity contribution is -0.136. The first-order chi connectivity index (χ1) is 9.25. The van der Waals surface area contributed by atoms with Crippen LogP contribution in [0.5, 0.6) is 0 Å². The zero-order valence-electron chi connectivity index (χ0n) is 12.6. The van der Waals surface area contributed by atoms with E-state index in [-0.39, 0.29) is 11.8 Å². The van der Waals surface area contributed by atoms with Gasteiger partial charge in [-0.15, -0.1) is 0 Å². The molecular weight excluding hydrogens is 254 g/mol. The molecule has 1 fully saturated rings. The van der Waals surface area contributed by atoms with Crippen molar-refractivity contribution in [3.8, 4) is 0 Å². The van der Waals surface area contributed by atoms with Crippen molar-refractivity contribution < 1.29 is 9.59 Å². The summed E-state index contributed by atoms with van der Waals surface area (Å²) < 4.78 is 0. The first kappa shape index (κ1) is 14.4. The van der Waals surface area contributed by atoms with Crippen molar-refractivity contribution in [2.45, 2.75) is 32.4 Å². The number of hydrogen-bond donors (Lipinski definition) is 1. The Morgan fingerprint density at radius 1 is 1.20 bits per heavy atom. The Labute approximate surface area is 119 Å². The summed E-state index contributed by atoms with van der Waals surface area (Å²) in [5.41, 5.74) is 0.791. The predicted octanol–water partition coefficient (Wildman–Crippen LogP) is 1.38. The Morgan fingerprint density at radius 2 is 1.80 bits per heavy atom. The van der Waals surface area contributed by atoms with E-state index in [0.29, 0.717) is 0 Å². The Kier molecular flexibility index (Phi) is 3.46. The van der Waals surface area contributed by atoms with Gasteiger partial charge in [0.05, 0.1) is 11.4 Å². The lowest BCUT2D eigenvalue weighted by atomic mass is 9.96. The van der Waals surface area contributed by atoms with Gasteiger partial charge in [-0.05, 0) is 32.9 Å². The van der Waals surface area contributed by atoms with E-state index in [1.165, 1.54) is 0 Å². The lowest BCUT2D eigenvalue weighted by Crippen LogP contribution is -2.67. The number of nitrogens with zero attached hydrogens (tertiary/aromatic N) is 2. The predicted molar refractivity (Wildman–Crippen MR) is 79.9 cm³/mol. The van der Waals surface area contributed by atoms with Gasteiger partial charge in [-0.25, -0.2) is 0 Å². The minimum Gasteiger partial charge on any atom is -0.376 e. The molecule has 2 amide bonds. The molecule has 1 aromatic carbocycles. The largest absolute Gasteiger partial charge is 0.376 e. The summed E-state index contributed by atoms with van der Waals surface area (Å²) in [5.74, 6) is -0.234. The molecule has 0 aliphatic carbocycles. The number of amides is 2. The molecule has 1 atom stereocenters. The monoisotopic (exact) mass is 275 g/mol. The molecule has 0 spiro atoms. The van der Waals surface area contributed by atoms with Crippen LogP contribution in [0.15, 0.2) is 24.3 Å². The van der Waals surface area contributed by atoms with Crippen LogP contribution in [0.25, 0.3) is 0 Å². The van der Waals surface area contributed by atoms with Gasteiger partial charge in [0, 0.05) is 14.1 Å². The highest BCUT2D eigenvalue weighted by atomic mass is 16.2. The summed E-state index contributed by atoms with van der Waals surface area (Å²) in [7, 11) is 3.84. The first-order valence-electron chi connectivity index (χ1n) is 6.68. The van der Waals surface area contributed by atoms with Gasteiger partial charge in [0.1, 0.15) is 11.6 Å². The second-order valence-electron chi connectivity index (χ2n) is 5.85. The number of carbonyl (C=O) groups is 2. The molecule has 5 heteroatoms. The van der Waals surface area contributed by atoms with Gasteiger partial charge in [0.25, 0.3) is 5.91 Å². The van der Waals surface area contributed by atoms with Gasteiger partial charge in [-0.3, -0.25) is 14.5 Å². The molecule has 1 unspecified atom stereocenters. The molecule has 20 heavy (non-hydrogen) atoms. The van der Waals surface area contributed by atoms with Crippen LogP contribution >= 0.6 is 0 Å². The second-order valence-corrected chi connectivity index (χ2v) is 5.85. The molecule has 1 aliphatic heterocycles. The van der Waals surface area contributed by atoms with E-state index < -0.39 is 11.6 Å². The third-order valence-electron chi connectivity index (χ3n) is 3.58. The molecule has 0 radical (unpaired) electrons. The fourth-order valence-electron chi connectivity index (χ4n) is 2.42. The van der Waals surface area contributed by atoms with E-state index in [0.717, 1.165) is 11.4 Å². The van der Waals surface area contributed by atoms with E-state index in [1.807, 2.05) is 43.3 Å². The quantitative estimate of drug-likeness (QED) is 0.887. The number of benzene rings is 1. The number of anilines is 2. The zero-order chi connectivity index (χ0) is 15.1. The maximum absolute atomic E-state index is 12.7. The summed E-state index contributed by atoms with van der Waals surface area (Å²) in [4.78, 5) is 28.3. The maximum atomic E-state index is 12.7. The van der Waals surface area contributed by atoms with Crippen molar-refractivity contribution in [1.29, 1.82) is 0 Å². The average molecular weight is 275 g/mol. The van der Waals surface area contributed by atoms with Crippen LogP contribution in [0.1, 0.15) is 20.8 Å².